The van der Waals surface area contributed by atoms with Crippen molar-refractivity contribution in [2.75, 3.05) is 20.8 Å². The number of ether oxygens (including phenoxy) is 3. The van der Waals surface area contributed by atoms with Crippen LogP contribution >= 0.6 is 11.3 Å². The number of thiophene rings is 1. The molecule has 0 spiro atoms. The van der Waals surface area contributed by atoms with Gasteiger partial charge in [-0.15, -0.1) is 11.3 Å². The van der Waals surface area contributed by atoms with Crippen molar-refractivity contribution in [1.82, 2.24) is 44.9 Å². The fourth-order valence-corrected chi connectivity index (χ4v) is 11.4. The summed E-state index contributed by atoms with van der Waals surface area (Å²) in [7, 11) is 2.56. The number of carbonyl (C=O) groups excluding carboxylic acids is 4. The first-order valence-electron chi connectivity index (χ1n) is 23.3. The summed E-state index contributed by atoms with van der Waals surface area (Å²) in [6.07, 6.45) is 4.70. The van der Waals surface area contributed by atoms with Gasteiger partial charge in [-0.3, -0.25) is 14.2 Å². The second-order valence-electron chi connectivity index (χ2n) is 19.2. The van der Waals surface area contributed by atoms with E-state index in [2.05, 4.69) is 51.1 Å². The lowest BCUT2D eigenvalue weighted by molar-refractivity contribution is -0.137. The van der Waals surface area contributed by atoms with E-state index in [-0.39, 0.29) is 41.8 Å². The van der Waals surface area contributed by atoms with Gasteiger partial charge in [0.25, 0.3) is 0 Å². The molecule has 2 unspecified atom stereocenters. The lowest BCUT2D eigenvalue weighted by Gasteiger charge is -2.31. The van der Waals surface area contributed by atoms with E-state index in [1.54, 1.807) is 28.6 Å². The minimum atomic E-state index is -0.770. The van der Waals surface area contributed by atoms with Gasteiger partial charge in [-0.1, -0.05) is 33.8 Å². The van der Waals surface area contributed by atoms with Gasteiger partial charge in [-0.2, -0.15) is 0 Å². The van der Waals surface area contributed by atoms with E-state index >= 15 is 4.39 Å². The number of amides is 4. The second kappa shape index (κ2) is 17.4. The highest BCUT2D eigenvalue weighted by molar-refractivity contribution is 7.12. The number of alkyl carbamates (subject to hydrolysis) is 2. The summed E-state index contributed by atoms with van der Waals surface area (Å²) in [6, 6.07) is 11.6. The van der Waals surface area contributed by atoms with Gasteiger partial charge in [0.1, 0.15) is 35.3 Å². The van der Waals surface area contributed by atoms with Gasteiger partial charge >= 0.3 is 12.2 Å². The van der Waals surface area contributed by atoms with Gasteiger partial charge in [-0.05, 0) is 99.2 Å². The number of aromatic nitrogens is 5. The molecule has 68 heavy (non-hydrogen) atoms. The second-order valence-corrected chi connectivity index (χ2v) is 20.5. The molecule has 1 saturated carbocycles. The number of carbonyl (C=O) groups is 4. The molecule has 0 bridgehead atoms. The molecule has 4 amide bonds. The number of nitrogens with one attached hydrogen (secondary N) is 4. The van der Waals surface area contributed by atoms with Crippen LogP contribution in [0, 0.1) is 37.4 Å². The molecule has 6 aromatic rings. The van der Waals surface area contributed by atoms with Crippen LogP contribution in [0.15, 0.2) is 54.9 Å². The first-order chi connectivity index (χ1) is 32.6. The van der Waals surface area contributed by atoms with E-state index in [1.807, 2.05) is 56.9 Å². The molecule has 7 heterocycles. The molecular formula is C50H56FN9O7S. The number of aromatic amines is 2. The van der Waals surface area contributed by atoms with Crippen molar-refractivity contribution in [2.24, 2.45) is 17.8 Å². The smallest absolute Gasteiger partial charge is 0.407 e. The minimum Gasteiger partial charge on any atom is -0.464 e. The van der Waals surface area contributed by atoms with Crippen molar-refractivity contribution in [3.8, 4) is 39.5 Å². The van der Waals surface area contributed by atoms with Crippen molar-refractivity contribution in [2.45, 2.75) is 104 Å². The molecule has 7 atom stereocenters. The zero-order chi connectivity index (χ0) is 47.9. The predicted molar refractivity (Wildman–Crippen MR) is 253 cm³/mol. The highest BCUT2D eigenvalue weighted by atomic mass is 32.1. The van der Waals surface area contributed by atoms with Gasteiger partial charge in [-0.25, -0.2) is 23.9 Å². The number of likely N-dealkylation sites (tertiary alicyclic amines) is 2. The number of H-pyrrole nitrogens is 2. The van der Waals surface area contributed by atoms with Crippen LogP contribution in [0.2, 0.25) is 0 Å². The van der Waals surface area contributed by atoms with Crippen LogP contribution in [0.25, 0.3) is 44.7 Å². The maximum Gasteiger partial charge on any atom is 0.407 e. The molecule has 0 radical (unpaired) electrons. The Labute approximate surface area is 396 Å². The first kappa shape index (κ1) is 45.1. The lowest BCUT2D eigenvalue weighted by Crippen LogP contribution is -2.52. The van der Waals surface area contributed by atoms with E-state index < -0.39 is 36.3 Å². The van der Waals surface area contributed by atoms with E-state index in [0.717, 1.165) is 56.7 Å². The summed E-state index contributed by atoms with van der Waals surface area (Å²) >= 11 is 1.64. The third-order valence-corrected chi connectivity index (χ3v) is 15.4. The molecule has 3 aliphatic heterocycles. The Hall–Kier alpha value is -6.69. The number of imidazole rings is 2. The molecule has 2 aromatic carbocycles. The maximum absolute atomic E-state index is 16.9. The van der Waals surface area contributed by atoms with Crippen molar-refractivity contribution in [3.63, 3.8) is 0 Å². The third-order valence-electron chi connectivity index (χ3n) is 14.2. The summed E-state index contributed by atoms with van der Waals surface area (Å²) in [5, 5.41) is 6.31. The molecule has 2 saturated heterocycles. The van der Waals surface area contributed by atoms with Crippen LogP contribution in [-0.2, 0) is 19.1 Å². The average molecular weight is 946 g/mol. The quantitative estimate of drug-likeness (QED) is 0.0983. The van der Waals surface area contributed by atoms with Gasteiger partial charge in [0, 0.05) is 34.0 Å². The number of piperidine rings is 1. The fraction of sp³-hybridized carbons (Fsp3) is 0.440. The minimum absolute atomic E-state index is 0.107. The molecule has 3 fully saturated rings. The monoisotopic (exact) mass is 945 g/mol. The first-order valence-corrected chi connectivity index (χ1v) is 24.1. The van der Waals surface area contributed by atoms with Crippen LogP contribution < -0.4 is 15.4 Å². The van der Waals surface area contributed by atoms with Gasteiger partial charge < -0.3 is 44.6 Å². The Balaban J connectivity index is 0.964. The molecule has 4 N–H and O–H groups in total. The van der Waals surface area contributed by atoms with Crippen molar-refractivity contribution >= 4 is 46.2 Å². The molecule has 4 aromatic heterocycles. The molecule has 1 aliphatic carbocycles. The Bertz CT molecular complexity index is 2950. The van der Waals surface area contributed by atoms with E-state index in [0.29, 0.717) is 58.8 Å². The zero-order valence-electron chi connectivity index (χ0n) is 39.3. The summed E-state index contributed by atoms with van der Waals surface area (Å²) < 4.78 is 35.5. The number of hydrogen-bond acceptors (Lipinski definition) is 10. The zero-order valence-corrected chi connectivity index (χ0v) is 40.1. The molecule has 18 heteroatoms. The fourth-order valence-electron chi connectivity index (χ4n) is 10.4. The van der Waals surface area contributed by atoms with Crippen LogP contribution in [0.4, 0.5) is 14.0 Å². The molecular weight excluding hydrogens is 890 g/mol. The summed E-state index contributed by atoms with van der Waals surface area (Å²) in [4.78, 5) is 74.4. The molecule has 16 nitrogen and oxygen atoms in total. The normalized spacial score (nSPS) is 21.3. The van der Waals surface area contributed by atoms with Gasteiger partial charge in [0.05, 0.1) is 71.7 Å². The third kappa shape index (κ3) is 7.85. The summed E-state index contributed by atoms with van der Waals surface area (Å²) in [6.45, 7) is 12.2. The van der Waals surface area contributed by atoms with Crippen LogP contribution in [0.1, 0.15) is 98.7 Å². The average Bonchev–Trinajstić information content (AvgIpc) is 4.05. The van der Waals surface area contributed by atoms with Crippen molar-refractivity contribution in [1.29, 1.82) is 0 Å². The van der Waals surface area contributed by atoms with Crippen LogP contribution in [-0.4, -0.2) is 97.2 Å². The van der Waals surface area contributed by atoms with Crippen molar-refractivity contribution < 1.29 is 37.8 Å². The highest BCUT2D eigenvalue weighted by Gasteiger charge is 2.56. The largest absolute Gasteiger partial charge is 0.464 e. The Morgan fingerprint density at radius 3 is 2.15 bits per heavy atom. The number of rotatable bonds is 11. The highest BCUT2D eigenvalue weighted by Crippen LogP contribution is 2.54. The summed E-state index contributed by atoms with van der Waals surface area (Å²) in [5.41, 5.74) is 5.79. The standard InChI is InChI=1S/C50H56FN9O7S/c1-23(2)42(56-49(63)65-7)46(61)58-13-9-10-35(58)44-52-22-33(55-44)28-16-31(51)41-37-18-29-15-27(11-12-34(29)60(37)48(67-39(41)20-28)40-14-25(5)26(6)68-40)32-21-53-45(54-32)38-19-30-17-36(30)59(38)47(62)43(24(3)4)57-50(64)66-8/h11-12,14-16,18,20-24,30,35-36,38,42-43,48H,9-10,13,17,19H2,1-8H3,(H,52,55)(H,53,54)(H,56,63)(H,57,64)/t30-,35+,36-,38+,42?,43+,48?/m1/s1. The topological polar surface area (TPSA) is 189 Å². The number of halogens is 1. The van der Waals surface area contributed by atoms with E-state index in [9.17, 15) is 19.2 Å². The van der Waals surface area contributed by atoms with E-state index in [4.69, 9.17) is 24.2 Å². The molecule has 10 rings (SSSR count). The molecule has 356 valence electrons. The Morgan fingerprint density at radius 1 is 0.838 bits per heavy atom. The van der Waals surface area contributed by atoms with Crippen LogP contribution in [0.5, 0.6) is 5.75 Å². The lowest BCUT2D eigenvalue weighted by atomic mass is 10.0. The Kier molecular flexibility index (Phi) is 11.6. The summed E-state index contributed by atoms with van der Waals surface area (Å²) in [5.74, 6) is 0.900. The SMILES string of the molecule is COC(=O)NC(C(=O)N1CCC[C@H]1c1ncc(-c2cc(F)c3c(c2)OC(c2cc(C)c(C)s2)n2c-3cc3cc(-c4cnc([C@@H]5C[C@H]6C[C@H]6N5C(=O)[C@@H](NC(=O)OC)C(C)C)[nH]4)ccc32)[nH]1)C(C)C. The maximum atomic E-state index is 16.9. The number of nitrogens with zero attached hydrogens (tertiary/aromatic N) is 5. The van der Waals surface area contributed by atoms with E-state index in [1.165, 1.54) is 20.3 Å². The number of aryl methyl sites for hydroxylation is 2. The molecule has 4 aliphatic rings. The van der Waals surface area contributed by atoms with Crippen molar-refractivity contribution in [3.05, 3.63) is 87.6 Å². The number of benzene rings is 2. The van der Waals surface area contributed by atoms with Gasteiger partial charge in [0.15, 0.2) is 0 Å². The predicted octanol–water partition coefficient (Wildman–Crippen LogP) is 8.93. The van der Waals surface area contributed by atoms with Crippen LogP contribution in [0.3, 0.4) is 0 Å². The Morgan fingerprint density at radius 2 is 1.50 bits per heavy atom. The number of fused-ring (bicyclic) bond motifs is 6. The number of methoxy groups -OCH3 is 2. The number of hydrogen-bond donors (Lipinski definition) is 4. The van der Waals surface area contributed by atoms with Gasteiger partial charge in [0.2, 0.25) is 18.0 Å².